The summed E-state index contributed by atoms with van der Waals surface area (Å²) in [6.07, 6.45) is 1.44. The van der Waals surface area contributed by atoms with Crippen LogP contribution in [0.2, 0.25) is 0 Å². The van der Waals surface area contributed by atoms with Crippen LogP contribution in [0.15, 0.2) is 81.8 Å². The second-order valence-corrected chi connectivity index (χ2v) is 17.1. The fourth-order valence-corrected chi connectivity index (χ4v) is 9.75. The second kappa shape index (κ2) is 15.8. The number of benzene rings is 3. The number of hydrogen-bond acceptors (Lipinski definition) is 12. The number of sulfone groups is 1. The van der Waals surface area contributed by atoms with Crippen molar-refractivity contribution in [2.45, 2.75) is 54.3 Å². The molecule has 0 aliphatic carbocycles. The van der Waals surface area contributed by atoms with Crippen LogP contribution < -0.4 is 14.2 Å². The molecule has 0 aliphatic heterocycles. The van der Waals surface area contributed by atoms with Gasteiger partial charge in [0, 0.05) is 29.8 Å². The highest BCUT2D eigenvalue weighted by Crippen LogP contribution is 2.32. The van der Waals surface area contributed by atoms with Crippen molar-refractivity contribution in [1.29, 1.82) is 0 Å². The van der Waals surface area contributed by atoms with Crippen molar-refractivity contribution in [1.82, 2.24) is 13.9 Å². The Hall–Kier alpha value is -4.80. The number of aryl methyl sites for hydroxylation is 3. The number of ether oxygens (including phenoxy) is 4. The van der Waals surface area contributed by atoms with Gasteiger partial charge in [-0.3, -0.25) is 14.0 Å². The molecule has 5 aromatic rings. The molecule has 276 valence electrons. The van der Waals surface area contributed by atoms with Gasteiger partial charge in [-0.15, -0.1) is 0 Å². The Morgan fingerprint density at radius 1 is 0.865 bits per heavy atom. The Labute approximate surface area is 305 Å². The molecular formula is C36H39N3O10S3. The van der Waals surface area contributed by atoms with Crippen LogP contribution in [0.5, 0.6) is 17.2 Å². The highest BCUT2D eigenvalue weighted by Gasteiger charge is 2.29. The summed E-state index contributed by atoms with van der Waals surface area (Å²) in [6.45, 7) is 5.13. The Morgan fingerprint density at radius 2 is 1.58 bits per heavy atom. The van der Waals surface area contributed by atoms with Crippen LogP contribution in [0, 0.1) is 20.8 Å². The number of rotatable bonds is 15. The van der Waals surface area contributed by atoms with Gasteiger partial charge in [-0.25, -0.2) is 25.8 Å². The predicted octanol–water partition coefficient (Wildman–Crippen LogP) is 4.88. The van der Waals surface area contributed by atoms with Crippen molar-refractivity contribution in [3.8, 4) is 17.2 Å². The minimum Gasteiger partial charge on any atom is -0.497 e. The lowest BCUT2D eigenvalue weighted by atomic mass is 10.1. The minimum atomic E-state index is -4.47. The zero-order chi connectivity index (χ0) is 37.8. The van der Waals surface area contributed by atoms with Crippen LogP contribution in [-0.2, 0) is 52.4 Å². The van der Waals surface area contributed by atoms with Crippen LogP contribution in [0.25, 0.3) is 11.0 Å². The van der Waals surface area contributed by atoms with Crippen LogP contribution in [0.1, 0.15) is 34.4 Å². The lowest BCUT2D eigenvalue weighted by Gasteiger charge is -2.15. The highest BCUT2D eigenvalue weighted by molar-refractivity contribution is 7.91. The molecule has 0 saturated carbocycles. The van der Waals surface area contributed by atoms with Crippen molar-refractivity contribution in [2.75, 3.05) is 33.7 Å². The van der Waals surface area contributed by atoms with Crippen LogP contribution in [0.4, 0.5) is 0 Å². The van der Waals surface area contributed by atoms with Gasteiger partial charge < -0.3 is 18.9 Å². The van der Waals surface area contributed by atoms with Gasteiger partial charge in [0.25, 0.3) is 10.0 Å². The topological polar surface area (TPSA) is 170 Å². The first kappa shape index (κ1) is 38.4. The normalized spacial score (nSPS) is 12.4. The number of carbonyl (C=O) groups excluding carboxylic acids is 1. The van der Waals surface area contributed by atoms with E-state index in [1.807, 2.05) is 13.8 Å². The van der Waals surface area contributed by atoms with Crippen molar-refractivity contribution in [3.63, 3.8) is 0 Å². The maximum absolute atomic E-state index is 14.5. The van der Waals surface area contributed by atoms with Gasteiger partial charge in [0.05, 0.1) is 70.2 Å². The van der Waals surface area contributed by atoms with E-state index in [9.17, 15) is 25.8 Å². The maximum Gasteiger partial charge on any atom is 0.306 e. The Bertz CT molecular complexity index is 2370. The van der Waals surface area contributed by atoms with Crippen molar-refractivity contribution in [3.05, 3.63) is 94.8 Å². The number of aromatic nitrogens is 3. The van der Waals surface area contributed by atoms with Gasteiger partial charge in [0.15, 0.2) is 9.84 Å². The first-order chi connectivity index (χ1) is 24.7. The van der Waals surface area contributed by atoms with Gasteiger partial charge in [-0.1, -0.05) is 17.7 Å². The van der Waals surface area contributed by atoms with Crippen LogP contribution in [-0.4, -0.2) is 74.6 Å². The summed E-state index contributed by atoms with van der Waals surface area (Å²) in [5.41, 5.74) is 3.65. The summed E-state index contributed by atoms with van der Waals surface area (Å²) in [7, 11) is -5.74. The van der Waals surface area contributed by atoms with Gasteiger partial charge >= 0.3 is 5.97 Å². The van der Waals surface area contributed by atoms with Crippen LogP contribution >= 0.6 is 0 Å². The summed E-state index contributed by atoms with van der Waals surface area (Å²) in [5, 5.41) is -0.217. The first-order valence-electron chi connectivity index (χ1n) is 16.0. The zero-order valence-corrected chi connectivity index (χ0v) is 32.0. The molecule has 5 rings (SSSR count). The maximum atomic E-state index is 14.5. The van der Waals surface area contributed by atoms with E-state index in [2.05, 4.69) is 9.97 Å². The molecule has 0 N–H and O–H groups in total. The SMILES string of the molecule is COc1ccc2nc(S(=O)Cc3ncc(C)c(OC)c3C)n(S(=O)(=O)c3ccc(OC)c(CCC(=O)OCCS(=O)(=O)c4ccc(C)cc4)c3)c2c1. The Balaban J connectivity index is 1.42. The van der Waals surface area contributed by atoms with Gasteiger partial charge in [0.1, 0.15) is 23.9 Å². The molecule has 0 fully saturated rings. The molecule has 0 bridgehead atoms. The second-order valence-electron chi connectivity index (χ2n) is 11.9. The molecule has 1 unspecified atom stereocenters. The largest absolute Gasteiger partial charge is 0.497 e. The summed E-state index contributed by atoms with van der Waals surface area (Å²) in [5.74, 6) is 0.0818. The molecule has 16 heteroatoms. The van der Waals surface area contributed by atoms with Gasteiger partial charge in [-0.2, -0.15) is 0 Å². The molecule has 0 amide bonds. The molecule has 13 nitrogen and oxygen atoms in total. The molecular weight excluding hydrogens is 731 g/mol. The summed E-state index contributed by atoms with van der Waals surface area (Å²) >= 11 is 0. The van der Waals surface area contributed by atoms with E-state index < -0.39 is 36.6 Å². The number of pyridine rings is 1. The number of hydrogen-bond donors (Lipinski definition) is 0. The monoisotopic (exact) mass is 769 g/mol. The van der Waals surface area contributed by atoms with Crippen molar-refractivity contribution < 1.29 is 44.8 Å². The Kier molecular flexibility index (Phi) is 11.7. The van der Waals surface area contributed by atoms with E-state index in [1.54, 1.807) is 37.4 Å². The third-order valence-electron chi connectivity index (χ3n) is 8.40. The predicted molar refractivity (Wildman–Crippen MR) is 195 cm³/mol. The summed E-state index contributed by atoms with van der Waals surface area (Å²) < 4.78 is 90.7. The number of esters is 1. The molecule has 1 atom stereocenters. The standard InChI is InChI=1S/C36H39N3O10S3/c1-23-7-11-28(12-8-23)51(42,43)18-17-49-34(40)16-9-26-19-29(13-15-33(26)47-5)52(44,45)39-32-20-27(46-4)10-14-30(32)38-36(39)50(41)22-31-25(3)35(48-6)24(2)21-37-31/h7-8,10-15,19-21H,9,16-18,22H2,1-6H3. The molecule has 52 heavy (non-hydrogen) atoms. The van der Waals surface area contributed by atoms with Crippen molar-refractivity contribution in [2.24, 2.45) is 0 Å². The number of imidazole rings is 1. The fourth-order valence-electron chi connectivity index (χ4n) is 5.57. The third-order valence-corrected chi connectivity index (χ3v) is 13.1. The van der Waals surface area contributed by atoms with E-state index in [1.165, 1.54) is 57.7 Å². The molecule has 0 radical (unpaired) electrons. The zero-order valence-electron chi connectivity index (χ0n) is 29.5. The molecule has 0 spiro atoms. The summed E-state index contributed by atoms with van der Waals surface area (Å²) in [6, 6.07) is 15.3. The lowest BCUT2D eigenvalue weighted by molar-refractivity contribution is -0.142. The van der Waals surface area contributed by atoms with E-state index in [0.717, 1.165) is 15.1 Å². The quantitative estimate of drug-likeness (QED) is 0.133. The molecule has 3 aromatic carbocycles. The fraction of sp³-hybridized carbons (Fsp3) is 0.306. The molecule has 0 saturated heterocycles. The van der Waals surface area contributed by atoms with E-state index in [0.29, 0.717) is 34.1 Å². The van der Waals surface area contributed by atoms with Gasteiger partial charge in [-0.05, 0) is 75.2 Å². The average Bonchev–Trinajstić information content (AvgIpc) is 3.52. The van der Waals surface area contributed by atoms with E-state index in [-0.39, 0.29) is 56.9 Å². The van der Waals surface area contributed by atoms with E-state index >= 15 is 0 Å². The third kappa shape index (κ3) is 8.13. The smallest absolute Gasteiger partial charge is 0.306 e. The Morgan fingerprint density at radius 3 is 2.25 bits per heavy atom. The number of fused-ring (bicyclic) bond motifs is 1. The number of carbonyl (C=O) groups is 1. The van der Waals surface area contributed by atoms with E-state index in [4.69, 9.17) is 18.9 Å². The number of methoxy groups -OCH3 is 3. The number of nitrogens with zero attached hydrogens (tertiary/aromatic N) is 3. The summed E-state index contributed by atoms with van der Waals surface area (Å²) in [4.78, 5) is 21.6. The van der Waals surface area contributed by atoms with Gasteiger partial charge in [0.2, 0.25) is 5.16 Å². The average molecular weight is 770 g/mol. The lowest BCUT2D eigenvalue weighted by Crippen LogP contribution is -2.18. The van der Waals surface area contributed by atoms with Crippen LogP contribution in [0.3, 0.4) is 0 Å². The molecule has 2 heterocycles. The van der Waals surface area contributed by atoms with Crippen molar-refractivity contribution >= 4 is 47.7 Å². The first-order valence-corrected chi connectivity index (χ1v) is 20.4. The molecule has 2 aromatic heterocycles. The minimum absolute atomic E-state index is 0.0214. The highest BCUT2D eigenvalue weighted by atomic mass is 32.2. The molecule has 0 aliphatic rings.